The summed E-state index contributed by atoms with van der Waals surface area (Å²) >= 11 is 5.18. The highest BCUT2D eigenvalue weighted by Crippen LogP contribution is 2.31. The van der Waals surface area contributed by atoms with Gasteiger partial charge in [0.15, 0.2) is 0 Å². The van der Waals surface area contributed by atoms with Crippen LogP contribution in [-0.4, -0.2) is 7.05 Å². The Labute approximate surface area is 95.1 Å². The van der Waals surface area contributed by atoms with Gasteiger partial charge in [0.25, 0.3) is 0 Å². The van der Waals surface area contributed by atoms with Crippen LogP contribution in [0.15, 0.2) is 38.7 Å². The number of halogens is 1. The van der Waals surface area contributed by atoms with Gasteiger partial charge in [-0.3, -0.25) is 0 Å². The normalized spacial score (nSPS) is 13.0. The molecule has 0 amide bonds. The molecule has 2 heterocycles. The van der Waals surface area contributed by atoms with Crippen molar-refractivity contribution in [2.45, 2.75) is 6.04 Å². The Bertz CT molecular complexity index is 396. The highest BCUT2D eigenvalue weighted by molar-refractivity contribution is 9.10. The maximum atomic E-state index is 5.44. The van der Waals surface area contributed by atoms with Gasteiger partial charge < -0.3 is 9.73 Å². The molecule has 0 spiro atoms. The summed E-state index contributed by atoms with van der Waals surface area (Å²) in [5.74, 6) is 0.926. The van der Waals surface area contributed by atoms with E-state index in [2.05, 4.69) is 32.7 Å². The van der Waals surface area contributed by atoms with Gasteiger partial charge in [-0.15, -0.1) is 11.3 Å². The highest BCUT2D eigenvalue weighted by Gasteiger charge is 2.18. The average Bonchev–Trinajstić information content (AvgIpc) is 2.80. The van der Waals surface area contributed by atoms with E-state index in [0.717, 1.165) is 10.2 Å². The Morgan fingerprint density at radius 1 is 1.50 bits per heavy atom. The van der Waals surface area contributed by atoms with Crippen molar-refractivity contribution in [3.8, 4) is 0 Å². The average molecular weight is 272 g/mol. The zero-order chi connectivity index (χ0) is 9.97. The molecule has 1 unspecified atom stereocenters. The molecule has 2 rings (SSSR count). The van der Waals surface area contributed by atoms with E-state index in [-0.39, 0.29) is 6.04 Å². The number of nitrogens with one attached hydrogen (secondary N) is 1. The summed E-state index contributed by atoms with van der Waals surface area (Å²) < 4.78 is 6.44. The summed E-state index contributed by atoms with van der Waals surface area (Å²) in [4.78, 5) is 1.25. The second-order valence-electron chi connectivity index (χ2n) is 2.87. The molecule has 4 heteroatoms. The predicted molar refractivity (Wildman–Crippen MR) is 61.6 cm³/mol. The van der Waals surface area contributed by atoms with E-state index in [1.807, 2.05) is 19.2 Å². The first-order valence-corrected chi connectivity index (χ1v) is 5.93. The summed E-state index contributed by atoms with van der Waals surface area (Å²) in [6, 6.07) is 6.19. The molecule has 1 N–H and O–H groups in total. The number of furan rings is 1. The van der Waals surface area contributed by atoms with E-state index in [0.29, 0.717) is 0 Å². The van der Waals surface area contributed by atoms with Crippen LogP contribution in [0.5, 0.6) is 0 Å². The lowest BCUT2D eigenvalue weighted by atomic mass is 10.2. The monoisotopic (exact) mass is 271 g/mol. The van der Waals surface area contributed by atoms with Gasteiger partial charge in [0.2, 0.25) is 0 Å². The van der Waals surface area contributed by atoms with Crippen molar-refractivity contribution in [2.75, 3.05) is 7.05 Å². The van der Waals surface area contributed by atoms with E-state index in [4.69, 9.17) is 4.42 Å². The molecule has 74 valence electrons. The maximum Gasteiger partial charge on any atom is 0.140 e. The van der Waals surface area contributed by atoms with Crippen LogP contribution < -0.4 is 5.32 Å². The third kappa shape index (κ3) is 1.78. The molecule has 2 aromatic heterocycles. The van der Waals surface area contributed by atoms with Gasteiger partial charge in [-0.25, -0.2) is 0 Å². The van der Waals surface area contributed by atoms with Crippen molar-refractivity contribution in [1.29, 1.82) is 0 Å². The van der Waals surface area contributed by atoms with E-state index < -0.39 is 0 Å². The van der Waals surface area contributed by atoms with Crippen molar-refractivity contribution < 1.29 is 4.42 Å². The standard InChI is InChI=1S/C10H10BrNOS/c1-12-9(8-3-2-6-14-8)10-7(11)4-5-13-10/h2-6,9,12H,1H3. The van der Waals surface area contributed by atoms with Crippen LogP contribution in [0.1, 0.15) is 16.7 Å². The maximum absolute atomic E-state index is 5.44. The fourth-order valence-electron chi connectivity index (χ4n) is 1.37. The largest absolute Gasteiger partial charge is 0.466 e. The van der Waals surface area contributed by atoms with Crippen molar-refractivity contribution in [3.05, 3.63) is 45.0 Å². The van der Waals surface area contributed by atoms with Gasteiger partial charge in [0.1, 0.15) is 11.8 Å². The quantitative estimate of drug-likeness (QED) is 0.926. The van der Waals surface area contributed by atoms with Crippen LogP contribution in [0.2, 0.25) is 0 Å². The van der Waals surface area contributed by atoms with E-state index >= 15 is 0 Å². The number of hydrogen-bond acceptors (Lipinski definition) is 3. The van der Waals surface area contributed by atoms with Gasteiger partial charge in [-0.2, -0.15) is 0 Å². The van der Waals surface area contributed by atoms with Crippen LogP contribution in [0.25, 0.3) is 0 Å². The first-order chi connectivity index (χ1) is 6.83. The molecule has 0 aliphatic carbocycles. The van der Waals surface area contributed by atoms with Crippen molar-refractivity contribution in [3.63, 3.8) is 0 Å². The molecule has 0 saturated carbocycles. The lowest BCUT2D eigenvalue weighted by molar-refractivity contribution is 0.464. The van der Waals surface area contributed by atoms with Crippen molar-refractivity contribution in [1.82, 2.24) is 5.32 Å². The van der Waals surface area contributed by atoms with Gasteiger partial charge in [0.05, 0.1) is 10.7 Å². The molecule has 0 aromatic carbocycles. The summed E-state index contributed by atoms with van der Waals surface area (Å²) in [7, 11) is 1.93. The van der Waals surface area contributed by atoms with Crippen LogP contribution in [0.4, 0.5) is 0 Å². The van der Waals surface area contributed by atoms with Crippen molar-refractivity contribution in [2.24, 2.45) is 0 Å². The first-order valence-electron chi connectivity index (χ1n) is 4.26. The predicted octanol–water partition coefficient (Wildman–Crippen LogP) is 3.41. The number of hydrogen-bond donors (Lipinski definition) is 1. The number of thiophene rings is 1. The molecule has 0 fully saturated rings. The fourth-order valence-corrected chi connectivity index (χ4v) is 2.63. The second kappa shape index (κ2) is 4.29. The van der Waals surface area contributed by atoms with Gasteiger partial charge >= 0.3 is 0 Å². The summed E-state index contributed by atoms with van der Waals surface area (Å²) in [5, 5.41) is 5.30. The molecular weight excluding hydrogens is 262 g/mol. The highest BCUT2D eigenvalue weighted by atomic mass is 79.9. The minimum absolute atomic E-state index is 0.138. The zero-order valence-corrected chi connectivity index (χ0v) is 10.1. The summed E-state index contributed by atoms with van der Waals surface area (Å²) in [5.41, 5.74) is 0. The zero-order valence-electron chi connectivity index (χ0n) is 7.66. The Balaban J connectivity index is 2.36. The molecule has 2 nitrogen and oxygen atoms in total. The summed E-state index contributed by atoms with van der Waals surface area (Å²) in [6.07, 6.45) is 1.69. The van der Waals surface area contributed by atoms with Gasteiger partial charge in [-0.05, 0) is 40.5 Å². The Morgan fingerprint density at radius 3 is 2.86 bits per heavy atom. The molecule has 14 heavy (non-hydrogen) atoms. The minimum Gasteiger partial charge on any atom is -0.466 e. The van der Waals surface area contributed by atoms with E-state index in [9.17, 15) is 0 Å². The first kappa shape index (κ1) is 9.96. The van der Waals surface area contributed by atoms with E-state index in [1.165, 1.54) is 4.88 Å². The van der Waals surface area contributed by atoms with Gasteiger partial charge in [0, 0.05) is 4.88 Å². The Morgan fingerprint density at radius 2 is 2.36 bits per heavy atom. The molecular formula is C10H10BrNOS. The SMILES string of the molecule is CNC(c1cccs1)c1occc1Br. The van der Waals surface area contributed by atoms with Crippen LogP contribution in [-0.2, 0) is 0 Å². The Hall–Kier alpha value is -0.580. The molecule has 0 radical (unpaired) electrons. The smallest absolute Gasteiger partial charge is 0.140 e. The Kier molecular flexibility index (Phi) is 3.05. The van der Waals surface area contributed by atoms with Crippen molar-refractivity contribution >= 4 is 27.3 Å². The molecule has 1 atom stereocenters. The van der Waals surface area contributed by atoms with Crippen LogP contribution in [0.3, 0.4) is 0 Å². The van der Waals surface area contributed by atoms with Crippen LogP contribution >= 0.6 is 27.3 Å². The van der Waals surface area contributed by atoms with Crippen LogP contribution in [0, 0.1) is 0 Å². The number of rotatable bonds is 3. The molecule has 0 saturated heterocycles. The van der Waals surface area contributed by atoms with E-state index in [1.54, 1.807) is 17.6 Å². The second-order valence-corrected chi connectivity index (χ2v) is 4.70. The lowest BCUT2D eigenvalue weighted by Crippen LogP contribution is -2.16. The summed E-state index contributed by atoms with van der Waals surface area (Å²) in [6.45, 7) is 0. The molecule has 2 aromatic rings. The van der Waals surface area contributed by atoms with Gasteiger partial charge in [-0.1, -0.05) is 6.07 Å². The molecule has 0 aliphatic heterocycles. The third-order valence-corrected chi connectivity index (χ3v) is 3.62. The lowest BCUT2D eigenvalue weighted by Gasteiger charge is -2.11. The fraction of sp³-hybridized carbons (Fsp3) is 0.200. The minimum atomic E-state index is 0.138. The third-order valence-electron chi connectivity index (χ3n) is 2.02. The molecule has 0 aliphatic rings. The molecule has 0 bridgehead atoms. The topological polar surface area (TPSA) is 25.2 Å².